The molecule has 0 amide bonds. The summed E-state index contributed by atoms with van der Waals surface area (Å²) < 4.78 is 5.84. The fourth-order valence-corrected chi connectivity index (χ4v) is 3.22. The van der Waals surface area contributed by atoms with Gasteiger partial charge >= 0.3 is 0 Å². The number of ether oxygens (including phenoxy) is 1. The van der Waals surface area contributed by atoms with E-state index >= 15 is 0 Å². The van der Waals surface area contributed by atoms with Crippen LogP contribution < -0.4 is 4.74 Å². The summed E-state index contributed by atoms with van der Waals surface area (Å²) in [5, 5.41) is 22.3. The van der Waals surface area contributed by atoms with Crippen LogP contribution in [0.5, 0.6) is 5.75 Å². The minimum atomic E-state index is -0.556. The van der Waals surface area contributed by atoms with Crippen molar-refractivity contribution in [3.63, 3.8) is 0 Å². The number of hydrogen-bond donors (Lipinski definition) is 2. The first-order valence-electron chi connectivity index (χ1n) is 8.41. The topological polar surface area (TPSA) is 52.9 Å². The van der Waals surface area contributed by atoms with Crippen molar-refractivity contribution in [2.45, 2.75) is 31.5 Å². The Morgan fingerprint density at radius 2 is 1.96 bits per heavy atom. The van der Waals surface area contributed by atoms with Gasteiger partial charge in [0, 0.05) is 18.5 Å². The van der Waals surface area contributed by atoms with E-state index < -0.39 is 6.10 Å². The Morgan fingerprint density at radius 3 is 2.87 bits per heavy atom. The Labute approximate surface area is 137 Å². The van der Waals surface area contributed by atoms with Crippen LogP contribution in [0.1, 0.15) is 19.3 Å². The molecule has 2 N–H and O–H groups in total. The summed E-state index contributed by atoms with van der Waals surface area (Å²) in [7, 11) is 0. The lowest BCUT2D eigenvalue weighted by Gasteiger charge is -2.24. The molecule has 0 saturated carbocycles. The number of aliphatic hydroxyl groups is 2. The number of benzene rings is 2. The van der Waals surface area contributed by atoms with Crippen LogP contribution in [0.4, 0.5) is 0 Å². The van der Waals surface area contributed by atoms with Gasteiger partial charge in [0.15, 0.2) is 0 Å². The van der Waals surface area contributed by atoms with Crippen molar-refractivity contribution in [2.75, 3.05) is 26.2 Å². The van der Waals surface area contributed by atoms with Crippen LogP contribution in [0.3, 0.4) is 0 Å². The SMILES string of the molecule is OC1CCCCN(CC(O)COc2cccc3ccccc23)C1. The average molecular weight is 315 g/mol. The predicted octanol–water partition coefficient (Wildman–Crippen LogP) is 2.43. The van der Waals surface area contributed by atoms with Crippen LogP contribution in [-0.2, 0) is 0 Å². The zero-order valence-electron chi connectivity index (χ0n) is 13.4. The maximum absolute atomic E-state index is 10.3. The van der Waals surface area contributed by atoms with E-state index in [9.17, 15) is 10.2 Å². The predicted molar refractivity (Wildman–Crippen MR) is 91.7 cm³/mol. The van der Waals surface area contributed by atoms with Gasteiger partial charge in [-0.15, -0.1) is 0 Å². The smallest absolute Gasteiger partial charge is 0.127 e. The van der Waals surface area contributed by atoms with Crippen molar-refractivity contribution in [2.24, 2.45) is 0 Å². The monoisotopic (exact) mass is 315 g/mol. The number of likely N-dealkylation sites (tertiary alicyclic amines) is 1. The van der Waals surface area contributed by atoms with E-state index in [1.807, 2.05) is 30.3 Å². The average Bonchev–Trinajstić information content (AvgIpc) is 2.76. The van der Waals surface area contributed by atoms with Crippen LogP contribution in [0.2, 0.25) is 0 Å². The molecule has 2 atom stereocenters. The van der Waals surface area contributed by atoms with E-state index in [0.29, 0.717) is 13.1 Å². The molecule has 0 bridgehead atoms. The fourth-order valence-electron chi connectivity index (χ4n) is 3.22. The molecule has 2 unspecified atom stereocenters. The van der Waals surface area contributed by atoms with Crippen molar-refractivity contribution < 1.29 is 14.9 Å². The minimum absolute atomic E-state index is 0.264. The standard InChI is InChI=1S/C19H25NO3/c21-16-8-3-4-11-20(12-16)13-17(22)14-23-19-10-5-7-15-6-1-2-9-18(15)19/h1-2,5-7,9-10,16-17,21-22H,3-4,8,11-14H2. The van der Waals surface area contributed by atoms with E-state index in [-0.39, 0.29) is 12.7 Å². The zero-order valence-corrected chi connectivity index (χ0v) is 13.4. The molecular weight excluding hydrogens is 290 g/mol. The summed E-state index contributed by atoms with van der Waals surface area (Å²) >= 11 is 0. The van der Waals surface area contributed by atoms with Gasteiger partial charge in [0.2, 0.25) is 0 Å². The molecular formula is C19H25NO3. The molecule has 1 aliphatic heterocycles. The lowest BCUT2D eigenvalue weighted by atomic mass is 10.1. The third-order valence-electron chi connectivity index (χ3n) is 4.38. The zero-order chi connectivity index (χ0) is 16.1. The summed E-state index contributed by atoms with van der Waals surface area (Å²) in [4.78, 5) is 2.13. The van der Waals surface area contributed by atoms with Crippen LogP contribution in [-0.4, -0.2) is 53.6 Å². The van der Waals surface area contributed by atoms with E-state index in [0.717, 1.165) is 42.3 Å². The number of β-amino-alcohol motifs (C(OH)–C–C–N with tert-alkyl or cyclic N) is 2. The van der Waals surface area contributed by atoms with E-state index in [1.54, 1.807) is 0 Å². The molecule has 0 aliphatic carbocycles. The number of aliphatic hydroxyl groups excluding tert-OH is 2. The van der Waals surface area contributed by atoms with E-state index in [4.69, 9.17) is 4.74 Å². The van der Waals surface area contributed by atoms with Gasteiger partial charge in [0.1, 0.15) is 18.5 Å². The van der Waals surface area contributed by atoms with Crippen LogP contribution in [0.25, 0.3) is 10.8 Å². The lowest BCUT2D eigenvalue weighted by molar-refractivity contribution is 0.0514. The van der Waals surface area contributed by atoms with Crippen LogP contribution in [0, 0.1) is 0 Å². The van der Waals surface area contributed by atoms with Crippen LogP contribution in [0.15, 0.2) is 42.5 Å². The van der Waals surface area contributed by atoms with Crippen LogP contribution >= 0.6 is 0 Å². The van der Waals surface area contributed by atoms with Gasteiger partial charge in [-0.05, 0) is 37.3 Å². The highest BCUT2D eigenvalue weighted by molar-refractivity contribution is 5.88. The molecule has 23 heavy (non-hydrogen) atoms. The third-order valence-corrected chi connectivity index (χ3v) is 4.38. The summed E-state index contributed by atoms with van der Waals surface area (Å²) in [5.74, 6) is 0.804. The molecule has 3 rings (SSSR count). The molecule has 0 radical (unpaired) electrons. The Hall–Kier alpha value is -1.62. The van der Waals surface area contributed by atoms with Gasteiger partial charge in [-0.25, -0.2) is 0 Å². The van der Waals surface area contributed by atoms with Gasteiger partial charge in [0.25, 0.3) is 0 Å². The van der Waals surface area contributed by atoms with E-state index in [2.05, 4.69) is 17.0 Å². The number of fused-ring (bicyclic) bond motifs is 1. The summed E-state index contributed by atoms with van der Waals surface area (Å²) in [5.41, 5.74) is 0. The van der Waals surface area contributed by atoms with Crippen molar-refractivity contribution >= 4 is 10.8 Å². The molecule has 1 heterocycles. The number of rotatable bonds is 5. The molecule has 0 spiro atoms. The minimum Gasteiger partial charge on any atom is -0.490 e. The largest absolute Gasteiger partial charge is 0.490 e. The first-order valence-corrected chi connectivity index (χ1v) is 8.41. The molecule has 1 aliphatic rings. The lowest BCUT2D eigenvalue weighted by Crippen LogP contribution is -2.39. The summed E-state index contributed by atoms with van der Waals surface area (Å²) in [6.45, 7) is 2.39. The highest BCUT2D eigenvalue weighted by atomic mass is 16.5. The second kappa shape index (κ2) is 7.77. The molecule has 4 nitrogen and oxygen atoms in total. The number of nitrogens with zero attached hydrogens (tertiary/aromatic N) is 1. The Morgan fingerprint density at radius 1 is 1.13 bits per heavy atom. The quantitative estimate of drug-likeness (QED) is 0.890. The van der Waals surface area contributed by atoms with Gasteiger partial charge in [0.05, 0.1) is 6.10 Å². The normalized spacial score (nSPS) is 21.0. The van der Waals surface area contributed by atoms with E-state index in [1.165, 1.54) is 0 Å². The highest BCUT2D eigenvalue weighted by Crippen LogP contribution is 2.25. The van der Waals surface area contributed by atoms with Crippen molar-refractivity contribution in [3.05, 3.63) is 42.5 Å². The van der Waals surface area contributed by atoms with Gasteiger partial charge in [-0.3, -0.25) is 4.90 Å². The summed E-state index contributed by atoms with van der Waals surface area (Å²) in [6.07, 6.45) is 2.16. The molecule has 124 valence electrons. The number of hydrogen-bond acceptors (Lipinski definition) is 4. The molecule has 0 aromatic heterocycles. The first-order chi connectivity index (χ1) is 11.2. The fraction of sp³-hybridized carbons (Fsp3) is 0.474. The molecule has 2 aromatic carbocycles. The maximum atomic E-state index is 10.3. The Bertz CT molecular complexity index is 626. The molecule has 4 heteroatoms. The van der Waals surface area contributed by atoms with Gasteiger partial charge in [-0.2, -0.15) is 0 Å². The van der Waals surface area contributed by atoms with Crippen molar-refractivity contribution in [3.8, 4) is 5.75 Å². The summed E-state index contributed by atoms with van der Waals surface area (Å²) in [6, 6.07) is 14.0. The second-order valence-corrected chi connectivity index (χ2v) is 6.35. The maximum Gasteiger partial charge on any atom is 0.127 e. The van der Waals surface area contributed by atoms with Gasteiger partial charge < -0.3 is 14.9 Å². The highest BCUT2D eigenvalue weighted by Gasteiger charge is 2.19. The second-order valence-electron chi connectivity index (χ2n) is 6.35. The third kappa shape index (κ3) is 4.44. The Kier molecular flexibility index (Phi) is 5.49. The Balaban J connectivity index is 1.56. The first kappa shape index (κ1) is 16.2. The van der Waals surface area contributed by atoms with Crippen molar-refractivity contribution in [1.29, 1.82) is 0 Å². The molecule has 1 fully saturated rings. The van der Waals surface area contributed by atoms with Gasteiger partial charge in [-0.1, -0.05) is 36.4 Å². The van der Waals surface area contributed by atoms with Crippen molar-refractivity contribution in [1.82, 2.24) is 4.90 Å². The molecule has 1 saturated heterocycles. The molecule has 2 aromatic rings.